The molecule has 0 fully saturated rings. The topological polar surface area (TPSA) is 163 Å². The van der Waals surface area contributed by atoms with Crippen LogP contribution in [0.3, 0.4) is 0 Å². The first-order valence-electron chi connectivity index (χ1n) is 3.96. The van der Waals surface area contributed by atoms with Crippen LogP contribution in [0.25, 0.3) is 0 Å². The standard InChI is InChI=1S/C6H8N2.2CH2O3/c7-5-3-1-2-4-6-8;2*2-1(3)4/h1-4H2;2*(H2,2,3,4). The first kappa shape index (κ1) is 19.1. The van der Waals surface area contributed by atoms with E-state index < -0.39 is 12.3 Å². The van der Waals surface area contributed by atoms with Crippen LogP contribution in [-0.4, -0.2) is 32.7 Å². The van der Waals surface area contributed by atoms with Crippen molar-refractivity contribution in [3.63, 3.8) is 0 Å². The van der Waals surface area contributed by atoms with E-state index >= 15 is 0 Å². The van der Waals surface area contributed by atoms with Gasteiger partial charge in [0, 0.05) is 12.8 Å². The molecule has 0 heterocycles. The van der Waals surface area contributed by atoms with Crippen LogP contribution < -0.4 is 0 Å². The molecule has 16 heavy (non-hydrogen) atoms. The van der Waals surface area contributed by atoms with Crippen LogP contribution in [0.5, 0.6) is 0 Å². The fourth-order valence-corrected chi connectivity index (χ4v) is 0.408. The molecule has 0 radical (unpaired) electrons. The van der Waals surface area contributed by atoms with Crippen LogP contribution in [0.1, 0.15) is 25.7 Å². The lowest BCUT2D eigenvalue weighted by molar-refractivity contribution is 0.135. The van der Waals surface area contributed by atoms with Gasteiger partial charge >= 0.3 is 12.3 Å². The molecule has 90 valence electrons. The van der Waals surface area contributed by atoms with E-state index in [1.54, 1.807) is 0 Å². The van der Waals surface area contributed by atoms with E-state index in [-0.39, 0.29) is 0 Å². The van der Waals surface area contributed by atoms with E-state index in [9.17, 15) is 0 Å². The summed E-state index contributed by atoms with van der Waals surface area (Å²) in [5.41, 5.74) is 0. The summed E-state index contributed by atoms with van der Waals surface area (Å²) < 4.78 is 0. The minimum atomic E-state index is -1.83. The predicted molar refractivity (Wildman–Crippen MR) is 51.0 cm³/mol. The number of unbranched alkanes of at least 4 members (excludes halogenated alkanes) is 3. The van der Waals surface area contributed by atoms with Crippen LogP contribution in [0.2, 0.25) is 0 Å². The highest BCUT2D eigenvalue weighted by atomic mass is 16.6. The van der Waals surface area contributed by atoms with Crippen molar-refractivity contribution in [1.29, 1.82) is 10.5 Å². The Balaban J connectivity index is -0.000000179. The average Bonchev–Trinajstić information content (AvgIpc) is 2.11. The molecular formula is C8H12N2O6. The fourth-order valence-electron chi connectivity index (χ4n) is 0.408. The highest BCUT2D eigenvalue weighted by Crippen LogP contribution is 1.95. The second kappa shape index (κ2) is 18.3. The van der Waals surface area contributed by atoms with Gasteiger partial charge in [-0.05, 0) is 12.8 Å². The molecule has 0 atom stereocenters. The molecule has 0 aliphatic rings. The van der Waals surface area contributed by atoms with Crippen molar-refractivity contribution in [1.82, 2.24) is 0 Å². The molecule has 0 aliphatic heterocycles. The average molecular weight is 232 g/mol. The SMILES string of the molecule is N#CCCCCC#N.O=C(O)O.O=C(O)O. The molecule has 0 aliphatic carbocycles. The van der Waals surface area contributed by atoms with Crippen molar-refractivity contribution in [2.75, 3.05) is 0 Å². The molecular weight excluding hydrogens is 220 g/mol. The summed E-state index contributed by atoms with van der Waals surface area (Å²) >= 11 is 0. The minimum Gasteiger partial charge on any atom is -0.450 e. The zero-order valence-electron chi connectivity index (χ0n) is 8.33. The van der Waals surface area contributed by atoms with Gasteiger partial charge in [0.05, 0.1) is 12.1 Å². The van der Waals surface area contributed by atoms with Gasteiger partial charge in [0.2, 0.25) is 0 Å². The minimum absolute atomic E-state index is 0.585. The monoisotopic (exact) mass is 232 g/mol. The maximum absolute atomic E-state index is 8.56. The summed E-state index contributed by atoms with van der Waals surface area (Å²) in [6, 6.07) is 4.03. The van der Waals surface area contributed by atoms with Crippen molar-refractivity contribution < 1.29 is 30.0 Å². The van der Waals surface area contributed by atoms with Crippen LogP contribution >= 0.6 is 0 Å². The van der Waals surface area contributed by atoms with Gasteiger partial charge in [-0.2, -0.15) is 10.5 Å². The van der Waals surface area contributed by atoms with E-state index in [2.05, 4.69) is 0 Å². The molecule has 0 spiro atoms. The Morgan fingerprint density at radius 1 is 0.812 bits per heavy atom. The number of carboxylic acid groups (broad SMARTS) is 4. The third kappa shape index (κ3) is 201. The van der Waals surface area contributed by atoms with Crippen LogP contribution in [0, 0.1) is 22.7 Å². The number of rotatable bonds is 3. The second-order valence-corrected chi connectivity index (χ2v) is 2.09. The number of carbonyl (C=O) groups is 2. The Labute approximate surface area is 91.6 Å². The molecule has 0 amide bonds. The summed E-state index contributed by atoms with van der Waals surface area (Å²) in [5.74, 6) is 0. The molecule has 0 aromatic heterocycles. The first-order chi connectivity index (χ1) is 7.38. The number of nitrogens with zero attached hydrogens (tertiary/aromatic N) is 2. The molecule has 8 heteroatoms. The summed E-state index contributed by atoms with van der Waals surface area (Å²) in [6.07, 6.45) is -0.766. The Kier molecular flexibility index (Phi) is 21.9. The smallest absolute Gasteiger partial charge is 0.450 e. The lowest BCUT2D eigenvalue weighted by Crippen LogP contribution is -1.81. The second-order valence-electron chi connectivity index (χ2n) is 2.09. The van der Waals surface area contributed by atoms with E-state index in [1.165, 1.54) is 0 Å². The third-order valence-corrected chi connectivity index (χ3v) is 0.827. The molecule has 8 nitrogen and oxygen atoms in total. The zero-order chi connectivity index (χ0) is 13.4. The highest BCUT2D eigenvalue weighted by Gasteiger charge is 1.83. The van der Waals surface area contributed by atoms with Gasteiger partial charge in [-0.1, -0.05) is 0 Å². The maximum atomic E-state index is 8.56. The van der Waals surface area contributed by atoms with Crippen molar-refractivity contribution in [3.8, 4) is 12.1 Å². The molecule has 0 unspecified atom stereocenters. The van der Waals surface area contributed by atoms with Crippen molar-refractivity contribution >= 4 is 12.3 Å². The van der Waals surface area contributed by atoms with Gasteiger partial charge in [-0.15, -0.1) is 0 Å². The van der Waals surface area contributed by atoms with E-state index in [1.807, 2.05) is 12.1 Å². The lowest BCUT2D eigenvalue weighted by Gasteiger charge is -1.83. The van der Waals surface area contributed by atoms with Crippen LogP contribution in [0.4, 0.5) is 9.59 Å². The van der Waals surface area contributed by atoms with Gasteiger partial charge < -0.3 is 20.4 Å². The number of nitriles is 2. The van der Waals surface area contributed by atoms with E-state index in [0.717, 1.165) is 12.8 Å². The first-order valence-corrected chi connectivity index (χ1v) is 3.96. The quantitative estimate of drug-likeness (QED) is 0.537. The molecule has 0 saturated carbocycles. The van der Waals surface area contributed by atoms with Crippen molar-refractivity contribution in [2.24, 2.45) is 0 Å². The van der Waals surface area contributed by atoms with Gasteiger partial charge in [-0.3, -0.25) is 0 Å². The molecule has 0 aromatic rings. The zero-order valence-corrected chi connectivity index (χ0v) is 8.33. The Morgan fingerprint density at radius 3 is 1.12 bits per heavy atom. The number of hydrogen-bond acceptors (Lipinski definition) is 4. The Bertz CT molecular complexity index is 229. The molecule has 0 rings (SSSR count). The summed E-state index contributed by atoms with van der Waals surface area (Å²) in [4.78, 5) is 17.1. The van der Waals surface area contributed by atoms with Gasteiger partial charge in [-0.25, -0.2) is 9.59 Å². The summed E-state index contributed by atoms with van der Waals surface area (Å²) in [5, 5.41) is 44.0. The summed E-state index contributed by atoms with van der Waals surface area (Å²) in [6.45, 7) is 0. The molecule has 0 bridgehead atoms. The molecule has 0 saturated heterocycles. The summed E-state index contributed by atoms with van der Waals surface area (Å²) in [7, 11) is 0. The lowest BCUT2D eigenvalue weighted by atomic mass is 10.2. The van der Waals surface area contributed by atoms with Crippen LogP contribution in [0.15, 0.2) is 0 Å². The third-order valence-electron chi connectivity index (χ3n) is 0.827. The van der Waals surface area contributed by atoms with E-state index in [4.69, 9.17) is 40.5 Å². The van der Waals surface area contributed by atoms with E-state index in [0.29, 0.717) is 12.8 Å². The molecule has 4 N–H and O–H groups in total. The van der Waals surface area contributed by atoms with Crippen molar-refractivity contribution in [2.45, 2.75) is 25.7 Å². The van der Waals surface area contributed by atoms with Gasteiger partial charge in [0.15, 0.2) is 0 Å². The Hall–Kier alpha value is -2.48. The van der Waals surface area contributed by atoms with Crippen molar-refractivity contribution in [3.05, 3.63) is 0 Å². The van der Waals surface area contributed by atoms with Gasteiger partial charge in [0.1, 0.15) is 0 Å². The Morgan fingerprint density at radius 2 is 1.00 bits per heavy atom. The van der Waals surface area contributed by atoms with Crippen LogP contribution in [-0.2, 0) is 0 Å². The molecule has 0 aromatic carbocycles. The normalized spacial score (nSPS) is 6.62. The fraction of sp³-hybridized carbons (Fsp3) is 0.500. The van der Waals surface area contributed by atoms with Gasteiger partial charge in [0.25, 0.3) is 0 Å². The number of hydrogen-bond donors (Lipinski definition) is 4. The maximum Gasteiger partial charge on any atom is 0.503 e. The largest absolute Gasteiger partial charge is 0.503 e. The predicted octanol–water partition coefficient (Wildman–Crippen LogP) is 2.04. The highest BCUT2D eigenvalue weighted by molar-refractivity contribution is 5.53.